The van der Waals surface area contributed by atoms with Gasteiger partial charge in [0.05, 0.1) is 31.9 Å². The summed E-state index contributed by atoms with van der Waals surface area (Å²) in [5.74, 6) is 0. The van der Waals surface area contributed by atoms with Crippen LogP contribution in [0.15, 0.2) is 0 Å². The molecule has 0 amide bonds. The van der Waals surface area contributed by atoms with Gasteiger partial charge in [-0.25, -0.2) is 4.18 Å². The first-order valence-corrected chi connectivity index (χ1v) is 7.36. The molecule has 0 saturated carbocycles. The minimum Gasteiger partial charge on any atom is -0.395 e. The van der Waals surface area contributed by atoms with Crippen LogP contribution in [0.2, 0.25) is 0 Å². The van der Waals surface area contributed by atoms with Gasteiger partial charge in [0, 0.05) is 6.54 Å². The fourth-order valence-corrected chi connectivity index (χ4v) is 2.74. The molecule has 5 atom stereocenters. The molecule has 0 aromatic heterocycles. The zero-order valence-electron chi connectivity index (χ0n) is 10.7. The highest BCUT2D eigenvalue weighted by Crippen LogP contribution is 2.17. The lowest BCUT2D eigenvalue weighted by molar-refractivity contribution is -0.429. The minimum atomic E-state index is -4.80. The maximum atomic E-state index is 10.6. The molecule has 120 valence electrons. The summed E-state index contributed by atoms with van der Waals surface area (Å²) in [5, 5.41) is 37.8. The molecule has 1 rings (SSSR count). The second-order valence-electron chi connectivity index (χ2n) is 4.77. The first kappa shape index (κ1) is 17.7. The van der Waals surface area contributed by atoms with Crippen molar-refractivity contribution in [3.05, 3.63) is 0 Å². The second-order valence-corrected chi connectivity index (χ2v) is 5.81. The number of rotatable bonds is 7. The largest absolute Gasteiger partial charge is 0.397 e. The standard InChI is InChI=1S/C9H20N2O8S/c10-5-1-11(6(3-12)9(5)15)2-7(14)8(4-13)19-20(16,17)18/h5-9,12-15H,1-4,10H2,(H,16,17,18)/p+1/t5-,6-,7-,8+,9+/m1/s1. The van der Waals surface area contributed by atoms with Crippen LogP contribution in [0.5, 0.6) is 0 Å². The van der Waals surface area contributed by atoms with E-state index in [9.17, 15) is 23.7 Å². The second kappa shape index (κ2) is 7.06. The highest BCUT2D eigenvalue weighted by atomic mass is 32.3. The molecule has 0 aromatic carbocycles. The molecule has 1 aliphatic heterocycles. The molecule has 20 heavy (non-hydrogen) atoms. The summed E-state index contributed by atoms with van der Waals surface area (Å²) >= 11 is 0. The minimum absolute atomic E-state index is 0.158. The summed E-state index contributed by atoms with van der Waals surface area (Å²) in [7, 11) is -4.80. The third kappa shape index (κ3) is 4.58. The Bertz CT molecular complexity index is 405. The first-order valence-electron chi connectivity index (χ1n) is 6.00. The zero-order chi connectivity index (χ0) is 15.5. The van der Waals surface area contributed by atoms with Crippen LogP contribution in [0.1, 0.15) is 0 Å². The van der Waals surface area contributed by atoms with Crippen molar-refractivity contribution in [1.82, 2.24) is 4.90 Å². The van der Waals surface area contributed by atoms with E-state index in [1.807, 2.05) is 0 Å². The van der Waals surface area contributed by atoms with Crippen LogP contribution in [-0.4, -0.2) is 95.0 Å². The molecule has 11 heteroatoms. The predicted octanol–water partition coefficient (Wildman–Crippen LogP) is -4.82. The number of likely N-dealkylation sites (tertiary alicyclic amines) is 1. The van der Waals surface area contributed by atoms with E-state index in [0.717, 1.165) is 0 Å². The Morgan fingerprint density at radius 2 is 2.00 bits per heavy atom. The summed E-state index contributed by atoms with van der Waals surface area (Å²) in [6, 6.07) is -1.01. The van der Waals surface area contributed by atoms with E-state index in [4.69, 9.17) is 9.66 Å². The Labute approximate surface area is 116 Å². The lowest BCUT2D eigenvalue weighted by Crippen LogP contribution is -2.67. The molecule has 0 aromatic rings. The van der Waals surface area contributed by atoms with Crippen molar-refractivity contribution in [2.24, 2.45) is 0 Å². The topological polar surface area (TPSA) is 175 Å². The molecule has 0 aliphatic carbocycles. The number of hydrogen-bond donors (Lipinski definition) is 6. The molecule has 0 bridgehead atoms. The van der Waals surface area contributed by atoms with Gasteiger partial charge >= 0.3 is 10.4 Å². The molecule has 1 fully saturated rings. The normalized spacial score (nSPS) is 31.4. The molecule has 0 unspecified atom stereocenters. The Morgan fingerprint density at radius 1 is 1.40 bits per heavy atom. The van der Waals surface area contributed by atoms with Gasteiger partial charge in [-0.3, -0.25) is 9.45 Å². The van der Waals surface area contributed by atoms with Crippen molar-refractivity contribution in [3.63, 3.8) is 0 Å². The monoisotopic (exact) mass is 317 g/mol. The van der Waals surface area contributed by atoms with Crippen molar-refractivity contribution in [2.75, 3.05) is 26.3 Å². The van der Waals surface area contributed by atoms with Crippen molar-refractivity contribution in [2.45, 2.75) is 30.4 Å². The van der Waals surface area contributed by atoms with Crippen molar-refractivity contribution in [3.8, 4) is 0 Å². The number of aliphatic hydroxyl groups is 4. The van der Waals surface area contributed by atoms with E-state index in [2.05, 4.69) is 9.92 Å². The maximum absolute atomic E-state index is 10.6. The maximum Gasteiger partial charge on any atom is 0.397 e. The molecule has 1 aliphatic rings. The van der Waals surface area contributed by atoms with Gasteiger partial charge in [0.25, 0.3) is 0 Å². The van der Waals surface area contributed by atoms with E-state index in [-0.39, 0.29) is 25.7 Å². The van der Waals surface area contributed by atoms with Gasteiger partial charge in [0.2, 0.25) is 0 Å². The fraction of sp³-hybridized carbons (Fsp3) is 1.00. The summed E-state index contributed by atoms with van der Waals surface area (Å²) in [6.45, 7) is -1.06. The van der Waals surface area contributed by atoms with Gasteiger partial charge in [-0.05, 0) is 0 Å². The van der Waals surface area contributed by atoms with Gasteiger partial charge in [-0.15, -0.1) is 0 Å². The first-order chi connectivity index (χ1) is 9.19. The third-order valence-corrected chi connectivity index (χ3v) is 3.77. The predicted molar refractivity (Wildman–Crippen MR) is 64.6 cm³/mol. The Balaban J connectivity index is 2.66. The van der Waals surface area contributed by atoms with E-state index in [1.54, 1.807) is 0 Å². The Hall–Kier alpha value is -0.370. The van der Waals surface area contributed by atoms with Crippen LogP contribution >= 0.6 is 0 Å². The number of quaternary nitrogens is 1. The van der Waals surface area contributed by atoms with Crippen molar-refractivity contribution < 1.29 is 43.3 Å². The highest BCUT2D eigenvalue weighted by Gasteiger charge is 2.42. The number of aliphatic hydroxyl groups excluding tert-OH is 4. The molecule has 0 spiro atoms. The Morgan fingerprint density at radius 3 is 2.45 bits per heavy atom. The van der Waals surface area contributed by atoms with Gasteiger partial charge < -0.3 is 26.2 Å². The van der Waals surface area contributed by atoms with Crippen molar-refractivity contribution >= 4 is 10.4 Å². The van der Waals surface area contributed by atoms with Gasteiger partial charge in [0.15, 0.2) is 0 Å². The van der Waals surface area contributed by atoms with Crippen LogP contribution in [0, 0.1) is 0 Å². The van der Waals surface area contributed by atoms with Crippen LogP contribution in [0.25, 0.3) is 0 Å². The van der Waals surface area contributed by atoms with Gasteiger partial charge in [-0.1, -0.05) is 0 Å². The van der Waals surface area contributed by atoms with Crippen LogP contribution in [0.4, 0.5) is 0 Å². The molecule has 1 saturated heterocycles. The summed E-state index contributed by atoms with van der Waals surface area (Å²) in [6.07, 6.45) is -3.85. The van der Waals surface area contributed by atoms with E-state index in [1.165, 1.54) is 4.90 Å². The quantitative estimate of drug-likeness (QED) is 0.251. The molecular weight excluding hydrogens is 296 g/mol. The summed E-state index contributed by atoms with van der Waals surface area (Å²) in [5.41, 5.74) is 3.70. The van der Waals surface area contributed by atoms with Gasteiger partial charge in [0.1, 0.15) is 18.2 Å². The number of β-amino-alcohol motifs (C(OH)–C–C–N with tert-alkyl or cyclic N) is 1. The van der Waals surface area contributed by atoms with Crippen LogP contribution in [-0.2, 0) is 14.6 Å². The number of nitrogens with zero attached hydrogens (tertiary/aromatic N) is 1. The fourth-order valence-electron chi connectivity index (χ4n) is 2.24. The Kier molecular flexibility index (Phi) is 6.25. The van der Waals surface area contributed by atoms with Crippen LogP contribution in [0.3, 0.4) is 0 Å². The molecule has 10 nitrogen and oxygen atoms in total. The summed E-state index contributed by atoms with van der Waals surface area (Å²) in [4.78, 5) is 1.52. The smallest absolute Gasteiger partial charge is 0.395 e. The molecule has 0 radical (unpaired) electrons. The zero-order valence-corrected chi connectivity index (χ0v) is 11.6. The van der Waals surface area contributed by atoms with Crippen molar-refractivity contribution in [1.29, 1.82) is 0 Å². The number of hydrogen-bond acceptors (Lipinski definition) is 8. The summed E-state index contributed by atoms with van der Waals surface area (Å²) < 4.78 is 33.8. The van der Waals surface area contributed by atoms with E-state index in [0.29, 0.717) is 0 Å². The molecular formula is C9H21N2O8S+. The van der Waals surface area contributed by atoms with Gasteiger partial charge in [-0.2, -0.15) is 8.42 Å². The van der Waals surface area contributed by atoms with E-state index < -0.39 is 41.4 Å². The molecule has 8 N–H and O–H groups in total. The SMILES string of the molecule is [NH3+][C@@H]1CN(C[C@@H](O)[C@H](CO)OS(=O)(=O)O)[C@H](CO)[C@H]1O. The lowest BCUT2D eigenvalue weighted by Gasteiger charge is -2.28. The average Bonchev–Trinajstić information content (AvgIpc) is 2.60. The van der Waals surface area contributed by atoms with Crippen LogP contribution < -0.4 is 5.73 Å². The third-order valence-electron chi connectivity index (χ3n) is 3.28. The molecule has 1 heterocycles. The average molecular weight is 317 g/mol. The van der Waals surface area contributed by atoms with E-state index >= 15 is 0 Å². The lowest BCUT2D eigenvalue weighted by atomic mass is 10.1. The highest BCUT2D eigenvalue weighted by molar-refractivity contribution is 7.80.